The van der Waals surface area contributed by atoms with Gasteiger partial charge in [-0.25, -0.2) is 14.8 Å². The van der Waals surface area contributed by atoms with Crippen LogP contribution in [-0.4, -0.2) is 40.8 Å². The molecule has 1 fully saturated rings. The summed E-state index contributed by atoms with van der Waals surface area (Å²) in [5.74, 6) is 0.493. The molecule has 3 heterocycles. The maximum absolute atomic E-state index is 12.1. The number of rotatable bonds is 4. The molecule has 3 rings (SSSR count). The number of carbonyl (C=O) groups excluding carboxylic acids is 1. The molecule has 6 nitrogen and oxygen atoms in total. The quantitative estimate of drug-likeness (QED) is 0.851. The molecular formula is C17H23N3O3S. The SMILES string of the molecule is CCOC(=O)c1sc2ncnc(NC3CC(C)OC(C)C3)c2c1C. The van der Waals surface area contributed by atoms with Crippen LogP contribution in [-0.2, 0) is 9.47 Å². The van der Waals surface area contributed by atoms with Gasteiger partial charge in [0.05, 0.1) is 24.2 Å². The number of aromatic nitrogens is 2. The van der Waals surface area contributed by atoms with Gasteiger partial charge in [0.15, 0.2) is 0 Å². The first-order valence-corrected chi connectivity index (χ1v) is 9.14. The van der Waals surface area contributed by atoms with Crippen LogP contribution >= 0.6 is 11.3 Å². The maximum atomic E-state index is 12.1. The monoisotopic (exact) mass is 349 g/mol. The molecule has 0 bridgehead atoms. The predicted molar refractivity (Wildman–Crippen MR) is 94.8 cm³/mol. The second-order valence-corrected chi connectivity index (χ2v) is 7.25. The molecule has 0 aromatic carbocycles. The Balaban J connectivity index is 1.92. The van der Waals surface area contributed by atoms with Gasteiger partial charge in [0, 0.05) is 6.04 Å². The molecule has 1 aliphatic heterocycles. The number of ether oxygens (including phenoxy) is 2. The van der Waals surface area contributed by atoms with Crippen molar-refractivity contribution in [2.24, 2.45) is 0 Å². The minimum absolute atomic E-state index is 0.224. The van der Waals surface area contributed by atoms with Crippen LogP contribution < -0.4 is 5.32 Å². The Bertz CT molecular complexity index is 736. The highest BCUT2D eigenvalue weighted by Crippen LogP contribution is 2.34. The largest absolute Gasteiger partial charge is 0.462 e. The molecule has 1 N–H and O–H groups in total. The molecule has 2 aromatic heterocycles. The van der Waals surface area contributed by atoms with Crippen molar-refractivity contribution < 1.29 is 14.3 Å². The first-order chi connectivity index (χ1) is 11.5. The van der Waals surface area contributed by atoms with Gasteiger partial charge < -0.3 is 14.8 Å². The van der Waals surface area contributed by atoms with E-state index in [-0.39, 0.29) is 18.2 Å². The summed E-state index contributed by atoms with van der Waals surface area (Å²) in [4.78, 5) is 22.3. The van der Waals surface area contributed by atoms with E-state index in [0.29, 0.717) is 17.5 Å². The zero-order valence-corrected chi connectivity index (χ0v) is 15.3. The third-order valence-electron chi connectivity index (χ3n) is 4.23. The lowest BCUT2D eigenvalue weighted by Gasteiger charge is -2.32. The molecule has 1 saturated heterocycles. The number of nitrogens with one attached hydrogen (secondary N) is 1. The lowest BCUT2D eigenvalue weighted by molar-refractivity contribution is -0.0338. The van der Waals surface area contributed by atoms with E-state index in [1.807, 2.05) is 6.92 Å². The summed E-state index contributed by atoms with van der Waals surface area (Å²) in [6, 6.07) is 0.298. The second-order valence-electron chi connectivity index (χ2n) is 6.25. The average Bonchev–Trinajstić information content (AvgIpc) is 2.85. The lowest BCUT2D eigenvalue weighted by Crippen LogP contribution is -2.37. The Hall–Kier alpha value is -1.73. The van der Waals surface area contributed by atoms with E-state index < -0.39 is 0 Å². The van der Waals surface area contributed by atoms with Crippen LogP contribution in [0.1, 0.15) is 48.8 Å². The summed E-state index contributed by atoms with van der Waals surface area (Å²) in [5.41, 5.74) is 0.879. The molecule has 0 amide bonds. The molecule has 2 aromatic rings. The zero-order valence-electron chi connectivity index (χ0n) is 14.5. The maximum Gasteiger partial charge on any atom is 0.348 e. The van der Waals surface area contributed by atoms with Gasteiger partial charge in [-0.1, -0.05) is 0 Å². The van der Waals surface area contributed by atoms with Crippen molar-refractivity contribution in [3.63, 3.8) is 0 Å². The number of aryl methyl sites for hydroxylation is 1. The average molecular weight is 349 g/mol. The molecule has 1 aliphatic rings. The standard InChI is InChI=1S/C17H23N3O3S/c1-5-22-17(21)14-11(4)13-15(18-8-19-16(13)24-14)20-12-6-9(2)23-10(3)7-12/h8-10,12H,5-7H2,1-4H3,(H,18,19,20). The first kappa shape index (κ1) is 17.1. The van der Waals surface area contributed by atoms with Crippen molar-refractivity contribution in [1.29, 1.82) is 0 Å². The van der Waals surface area contributed by atoms with Crippen molar-refractivity contribution in [1.82, 2.24) is 9.97 Å². The van der Waals surface area contributed by atoms with E-state index in [4.69, 9.17) is 9.47 Å². The molecule has 2 unspecified atom stereocenters. The Labute approximate surface area is 145 Å². The summed E-state index contributed by atoms with van der Waals surface area (Å²) >= 11 is 1.36. The third kappa shape index (κ3) is 3.37. The van der Waals surface area contributed by atoms with Gasteiger partial charge >= 0.3 is 5.97 Å². The minimum Gasteiger partial charge on any atom is -0.462 e. The van der Waals surface area contributed by atoms with Gasteiger partial charge in [-0.3, -0.25) is 0 Å². The fourth-order valence-electron chi connectivity index (χ4n) is 3.29. The summed E-state index contributed by atoms with van der Waals surface area (Å²) in [6.45, 7) is 8.28. The van der Waals surface area contributed by atoms with Crippen molar-refractivity contribution >= 4 is 33.3 Å². The van der Waals surface area contributed by atoms with E-state index in [9.17, 15) is 4.79 Å². The molecule has 2 atom stereocenters. The van der Waals surface area contributed by atoms with E-state index in [1.54, 1.807) is 13.3 Å². The van der Waals surface area contributed by atoms with Crippen LogP contribution in [0.2, 0.25) is 0 Å². The highest BCUT2D eigenvalue weighted by molar-refractivity contribution is 7.20. The van der Waals surface area contributed by atoms with Gasteiger partial charge in [0.1, 0.15) is 21.9 Å². The highest BCUT2D eigenvalue weighted by atomic mass is 32.1. The van der Waals surface area contributed by atoms with Crippen molar-refractivity contribution in [3.05, 3.63) is 16.8 Å². The van der Waals surface area contributed by atoms with Crippen LogP contribution in [0.15, 0.2) is 6.33 Å². The summed E-state index contributed by atoms with van der Waals surface area (Å²) in [6.07, 6.45) is 3.86. The highest BCUT2D eigenvalue weighted by Gasteiger charge is 2.26. The number of thiophene rings is 1. The number of esters is 1. The number of hydrogen-bond donors (Lipinski definition) is 1. The molecule has 0 aliphatic carbocycles. The van der Waals surface area contributed by atoms with Gasteiger partial charge in [-0.2, -0.15) is 0 Å². The van der Waals surface area contributed by atoms with Crippen LogP contribution in [0.4, 0.5) is 5.82 Å². The van der Waals surface area contributed by atoms with Gasteiger partial charge in [-0.15, -0.1) is 11.3 Å². The van der Waals surface area contributed by atoms with E-state index in [1.165, 1.54) is 11.3 Å². The summed E-state index contributed by atoms with van der Waals surface area (Å²) in [5, 5.41) is 4.45. The fourth-order valence-corrected chi connectivity index (χ4v) is 4.33. The number of fused-ring (bicyclic) bond motifs is 1. The van der Waals surface area contributed by atoms with E-state index in [2.05, 4.69) is 29.1 Å². The van der Waals surface area contributed by atoms with Crippen molar-refractivity contribution in [2.75, 3.05) is 11.9 Å². The Morgan fingerprint density at radius 3 is 2.75 bits per heavy atom. The topological polar surface area (TPSA) is 73.3 Å². The minimum atomic E-state index is -0.294. The van der Waals surface area contributed by atoms with Crippen LogP contribution in [0.3, 0.4) is 0 Å². The smallest absolute Gasteiger partial charge is 0.348 e. The predicted octanol–water partition coefficient (Wildman–Crippen LogP) is 3.54. The second kappa shape index (κ2) is 7.03. The Morgan fingerprint density at radius 1 is 1.38 bits per heavy atom. The molecule has 130 valence electrons. The van der Waals surface area contributed by atoms with Crippen LogP contribution in [0, 0.1) is 6.92 Å². The van der Waals surface area contributed by atoms with E-state index in [0.717, 1.165) is 34.4 Å². The molecule has 24 heavy (non-hydrogen) atoms. The fraction of sp³-hybridized carbons (Fsp3) is 0.588. The van der Waals surface area contributed by atoms with Crippen molar-refractivity contribution in [3.8, 4) is 0 Å². The third-order valence-corrected chi connectivity index (χ3v) is 5.41. The van der Waals surface area contributed by atoms with E-state index >= 15 is 0 Å². The molecule has 0 spiro atoms. The number of carbonyl (C=O) groups is 1. The molecule has 0 saturated carbocycles. The Kier molecular flexibility index (Phi) is 5.01. The molecule has 0 radical (unpaired) electrons. The van der Waals surface area contributed by atoms with Crippen LogP contribution in [0.5, 0.6) is 0 Å². The summed E-state index contributed by atoms with van der Waals surface area (Å²) < 4.78 is 10.9. The number of anilines is 1. The zero-order chi connectivity index (χ0) is 17.3. The van der Waals surface area contributed by atoms with Gasteiger partial charge in [0.25, 0.3) is 0 Å². The number of hydrogen-bond acceptors (Lipinski definition) is 7. The number of nitrogens with zero attached hydrogens (tertiary/aromatic N) is 2. The summed E-state index contributed by atoms with van der Waals surface area (Å²) in [7, 11) is 0. The normalized spacial score (nSPS) is 24.1. The molecule has 7 heteroatoms. The van der Waals surface area contributed by atoms with Gasteiger partial charge in [0.2, 0.25) is 0 Å². The van der Waals surface area contributed by atoms with Gasteiger partial charge in [-0.05, 0) is 46.1 Å². The first-order valence-electron chi connectivity index (χ1n) is 8.32. The Morgan fingerprint density at radius 2 is 2.08 bits per heavy atom. The van der Waals surface area contributed by atoms with Crippen LogP contribution in [0.25, 0.3) is 10.2 Å². The van der Waals surface area contributed by atoms with Crippen molar-refractivity contribution in [2.45, 2.75) is 58.8 Å². The molecular weight excluding hydrogens is 326 g/mol. The lowest BCUT2D eigenvalue weighted by atomic mass is 9.99.